The highest BCUT2D eigenvalue weighted by Crippen LogP contribution is 2.34. The van der Waals surface area contributed by atoms with Gasteiger partial charge in [-0.2, -0.15) is 0 Å². The number of urea groups is 1. The molecule has 180 valence electrons. The lowest BCUT2D eigenvalue weighted by Crippen LogP contribution is -2.49. The minimum atomic E-state index is -0.644. The van der Waals surface area contributed by atoms with E-state index in [4.69, 9.17) is 9.47 Å². The summed E-state index contributed by atoms with van der Waals surface area (Å²) in [5, 5.41) is 5.78. The van der Waals surface area contributed by atoms with E-state index in [0.29, 0.717) is 29.5 Å². The molecule has 1 atom stereocenters. The molecule has 0 spiro atoms. The summed E-state index contributed by atoms with van der Waals surface area (Å²) in [5.74, 6) is 0.818. The van der Waals surface area contributed by atoms with Crippen molar-refractivity contribution in [3.63, 3.8) is 0 Å². The SMILES string of the molecule is CCOC(=O)C1=C(CN2CCC(Cc3ccccc3)CC2)NC(=O)N[C@@H]1c1ccccc1OC. The van der Waals surface area contributed by atoms with Crippen LogP contribution in [-0.2, 0) is 16.0 Å². The zero-order valence-corrected chi connectivity index (χ0v) is 19.9. The predicted molar refractivity (Wildman–Crippen MR) is 130 cm³/mol. The Balaban J connectivity index is 1.54. The van der Waals surface area contributed by atoms with Gasteiger partial charge in [0, 0.05) is 17.8 Å². The van der Waals surface area contributed by atoms with E-state index in [1.807, 2.05) is 30.3 Å². The number of nitrogens with one attached hydrogen (secondary N) is 2. The van der Waals surface area contributed by atoms with Crippen molar-refractivity contribution in [3.8, 4) is 5.75 Å². The lowest BCUT2D eigenvalue weighted by atomic mass is 9.89. The fraction of sp³-hybridized carbons (Fsp3) is 0.407. The average molecular weight is 464 g/mol. The van der Waals surface area contributed by atoms with Gasteiger partial charge in [0.25, 0.3) is 0 Å². The molecule has 2 aromatic rings. The Labute approximate surface area is 201 Å². The number of ether oxygens (including phenoxy) is 2. The molecule has 1 saturated heterocycles. The summed E-state index contributed by atoms with van der Waals surface area (Å²) in [5.41, 5.74) is 3.12. The average Bonchev–Trinajstić information content (AvgIpc) is 2.85. The molecule has 7 nitrogen and oxygen atoms in total. The Bertz CT molecular complexity index is 1030. The first-order valence-corrected chi connectivity index (χ1v) is 12.0. The minimum absolute atomic E-state index is 0.257. The molecular weight excluding hydrogens is 430 g/mol. The molecule has 0 bridgehead atoms. The van der Waals surface area contributed by atoms with Crippen LogP contribution in [0.1, 0.15) is 36.9 Å². The Morgan fingerprint density at radius 1 is 1.06 bits per heavy atom. The van der Waals surface area contributed by atoms with E-state index in [1.165, 1.54) is 5.56 Å². The van der Waals surface area contributed by atoms with E-state index in [2.05, 4.69) is 39.8 Å². The molecule has 0 aromatic heterocycles. The Morgan fingerprint density at radius 3 is 2.47 bits per heavy atom. The van der Waals surface area contributed by atoms with Crippen LogP contribution in [0.2, 0.25) is 0 Å². The largest absolute Gasteiger partial charge is 0.496 e. The zero-order chi connectivity index (χ0) is 23.9. The standard InChI is InChI=1S/C27H33N3O4/c1-3-34-26(31)24-22(28-27(32)29-25(24)21-11-7-8-12-23(21)33-2)18-30-15-13-20(14-16-30)17-19-9-5-4-6-10-19/h4-12,20,25H,3,13-18H2,1-2H3,(H2,28,29,32)/t25-/m1/s1. The molecule has 2 aliphatic heterocycles. The monoisotopic (exact) mass is 463 g/mol. The number of methoxy groups -OCH3 is 1. The number of carbonyl (C=O) groups is 2. The van der Waals surface area contributed by atoms with Gasteiger partial charge in [0.15, 0.2) is 0 Å². The van der Waals surface area contributed by atoms with Crippen LogP contribution in [0, 0.1) is 5.92 Å². The van der Waals surface area contributed by atoms with Gasteiger partial charge in [0.05, 0.1) is 25.3 Å². The number of hydrogen-bond acceptors (Lipinski definition) is 5. The summed E-state index contributed by atoms with van der Waals surface area (Å²) in [7, 11) is 1.58. The van der Waals surface area contributed by atoms with Gasteiger partial charge in [0.2, 0.25) is 0 Å². The number of para-hydroxylation sites is 1. The van der Waals surface area contributed by atoms with E-state index in [9.17, 15) is 9.59 Å². The number of nitrogens with zero attached hydrogens (tertiary/aromatic N) is 1. The predicted octanol–water partition coefficient (Wildman–Crippen LogP) is 3.82. The number of rotatable bonds is 8. The Hall–Kier alpha value is -3.32. The number of esters is 1. The van der Waals surface area contributed by atoms with Crippen molar-refractivity contribution in [1.29, 1.82) is 0 Å². The summed E-state index contributed by atoms with van der Waals surface area (Å²) < 4.78 is 10.9. The van der Waals surface area contributed by atoms with Gasteiger partial charge < -0.3 is 20.1 Å². The van der Waals surface area contributed by atoms with Gasteiger partial charge in [-0.15, -0.1) is 0 Å². The van der Waals surface area contributed by atoms with Crippen molar-refractivity contribution >= 4 is 12.0 Å². The second-order valence-corrected chi connectivity index (χ2v) is 8.80. The summed E-state index contributed by atoms with van der Waals surface area (Å²) >= 11 is 0. The molecule has 2 amide bonds. The van der Waals surface area contributed by atoms with Crippen molar-refractivity contribution in [2.24, 2.45) is 5.92 Å². The van der Waals surface area contributed by atoms with Gasteiger partial charge in [-0.1, -0.05) is 48.5 Å². The molecule has 34 heavy (non-hydrogen) atoms. The highest BCUT2D eigenvalue weighted by molar-refractivity contribution is 5.95. The van der Waals surface area contributed by atoms with Crippen LogP contribution in [0.3, 0.4) is 0 Å². The molecule has 0 unspecified atom stereocenters. The molecular formula is C27H33N3O4. The van der Waals surface area contributed by atoms with Crippen molar-refractivity contribution in [2.75, 3.05) is 33.4 Å². The van der Waals surface area contributed by atoms with E-state index in [1.54, 1.807) is 14.0 Å². The molecule has 0 aliphatic carbocycles. The molecule has 2 N–H and O–H groups in total. The topological polar surface area (TPSA) is 79.9 Å². The van der Waals surface area contributed by atoms with Crippen LogP contribution in [0.15, 0.2) is 65.9 Å². The quantitative estimate of drug-likeness (QED) is 0.582. The first-order chi connectivity index (χ1) is 16.6. The smallest absolute Gasteiger partial charge is 0.338 e. The molecule has 2 aromatic carbocycles. The van der Waals surface area contributed by atoms with Crippen molar-refractivity contribution < 1.29 is 19.1 Å². The number of likely N-dealkylation sites (tertiary alicyclic amines) is 1. The number of amides is 2. The van der Waals surface area contributed by atoms with Crippen LogP contribution in [-0.4, -0.2) is 50.3 Å². The molecule has 7 heteroatoms. The molecule has 1 fully saturated rings. The fourth-order valence-electron chi connectivity index (χ4n) is 4.85. The van der Waals surface area contributed by atoms with Crippen LogP contribution in [0.25, 0.3) is 0 Å². The Morgan fingerprint density at radius 2 is 1.76 bits per heavy atom. The van der Waals surface area contributed by atoms with E-state index in [-0.39, 0.29) is 12.6 Å². The first kappa shape index (κ1) is 23.8. The second-order valence-electron chi connectivity index (χ2n) is 8.80. The van der Waals surface area contributed by atoms with Crippen LogP contribution >= 0.6 is 0 Å². The number of carbonyl (C=O) groups excluding carboxylic acids is 2. The van der Waals surface area contributed by atoms with E-state index >= 15 is 0 Å². The van der Waals surface area contributed by atoms with Gasteiger partial charge >= 0.3 is 12.0 Å². The summed E-state index contributed by atoms with van der Waals surface area (Å²) in [4.78, 5) is 28.0. The maximum atomic E-state index is 13.1. The maximum absolute atomic E-state index is 13.1. The minimum Gasteiger partial charge on any atom is -0.496 e. The normalized spacial score (nSPS) is 19.4. The molecule has 4 rings (SSSR count). The highest BCUT2D eigenvalue weighted by atomic mass is 16.5. The first-order valence-electron chi connectivity index (χ1n) is 12.0. The van der Waals surface area contributed by atoms with Gasteiger partial charge in [-0.05, 0) is 56.8 Å². The number of benzene rings is 2. The van der Waals surface area contributed by atoms with E-state index < -0.39 is 12.0 Å². The van der Waals surface area contributed by atoms with Crippen molar-refractivity contribution in [2.45, 2.75) is 32.2 Å². The van der Waals surface area contributed by atoms with Gasteiger partial charge in [-0.3, -0.25) is 4.90 Å². The van der Waals surface area contributed by atoms with Crippen LogP contribution in [0.5, 0.6) is 5.75 Å². The molecule has 0 radical (unpaired) electrons. The van der Waals surface area contributed by atoms with Crippen molar-refractivity contribution in [3.05, 3.63) is 77.0 Å². The molecule has 0 saturated carbocycles. The molecule has 2 heterocycles. The van der Waals surface area contributed by atoms with Gasteiger partial charge in [0.1, 0.15) is 5.75 Å². The second kappa shape index (κ2) is 11.2. The van der Waals surface area contributed by atoms with Crippen molar-refractivity contribution in [1.82, 2.24) is 15.5 Å². The third-order valence-electron chi connectivity index (χ3n) is 6.55. The fourth-order valence-corrected chi connectivity index (χ4v) is 4.85. The summed E-state index contributed by atoms with van der Waals surface area (Å²) in [6.07, 6.45) is 3.25. The molecule has 2 aliphatic rings. The summed E-state index contributed by atoms with van der Waals surface area (Å²) in [6.45, 7) is 4.36. The maximum Gasteiger partial charge on any atom is 0.338 e. The summed E-state index contributed by atoms with van der Waals surface area (Å²) in [6, 6.07) is 17.0. The lowest BCUT2D eigenvalue weighted by Gasteiger charge is -2.35. The number of hydrogen-bond donors (Lipinski definition) is 2. The third-order valence-corrected chi connectivity index (χ3v) is 6.55. The highest BCUT2D eigenvalue weighted by Gasteiger charge is 2.36. The van der Waals surface area contributed by atoms with E-state index in [0.717, 1.165) is 37.9 Å². The Kier molecular flexibility index (Phi) is 7.85. The zero-order valence-electron chi connectivity index (χ0n) is 19.9. The third kappa shape index (κ3) is 5.59. The lowest BCUT2D eigenvalue weighted by molar-refractivity contribution is -0.139. The van der Waals surface area contributed by atoms with Gasteiger partial charge in [-0.25, -0.2) is 9.59 Å². The number of piperidine rings is 1. The van der Waals surface area contributed by atoms with Crippen LogP contribution < -0.4 is 15.4 Å². The van der Waals surface area contributed by atoms with Crippen LogP contribution in [0.4, 0.5) is 4.79 Å².